The summed E-state index contributed by atoms with van der Waals surface area (Å²) in [6, 6.07) is 0. The summed E-state index contributed by atoms with van der Waals surface area (Å²) < 4.78 is 37.4. The molecule has 0 spiro atoms. The van der Waals surface area contributed by atoms with Gasteiger partial charge < -0.3 is 0 Å². The molecule has 0 saturated heterocycles. The number of hydrogen-bond acceptors (Lipinski definition) is 2. The zero-order chi connectivity index (χ0) is 11.1. The quantitative estimate of drug-likeness (QED) is 0.681. The third-order valence-electron chi connectivity index (χ3n) is 1.55. The van der Waals surface area contributed by atoms with Crippen molar-refractivity contribution >= 4 is 17.5 Å². The van der Waals surface area contributed by atoms with E-state index in [2.05, 4.69) is 5.10 Å². The fourth-order valence-electron chi connectivity index (χ4n) is 0.981. The van der Waals surface area contributed by atoms with Crippen LogP contribution in [0.4, 0.5) is 13.2 Å². The minimum Gasteiger partial charge on any atom is -0.273 e. The summed E-state index contributed by atoms with van der Waals surface area (Å²) in [7, 11) is 0. The molecule has 1 heterocycles. The molecule has 0 aliphatic carbocycles. The highest BCUT2D eigenvalue weighted by Crippen LogP contribution is 2.35. The molecular formula is C7H6ClF3N2O. The number of carbonyl (C=O) groups excluding carboxylic acids is 1. The van der Waals surface area contributed by atoms with Crippen LogP contribution in [0.25, 0.3) is 0 Å². The van der Waals surface area contributed by atoms with Gasteiger partial charge in [0.25, 0.3) is 0 Å². The van der Waals surface area contributed by atoms with Gasteiger partial charge in [-0.3, -0.25) is 4.79 Å². The maximum atomic E-state index is 12.4. The number of hydrogen-bond donors (Lipinski definition) is 0. The third-order valence-corrected chi connectivity index (χ3v) is 2.01. The van der Waals surface area contributed by atoms with Crippen LogP contribution in [0.1, 0.15) is 23.1 Å². The Hall–Kier alpha value is -1.04. The largest absolute Gasteiger partial charge is 0.435 e. The van der Waals surface area contributed by atoms with Gasteiger partial charge in [0, 0.05) is 6.92 Å². The number of aromatic nitrogens is 2. The monoisotopic (exact) mass is 226 g/mol. The van der Waals surface area contributed by atoms with Crippen LogP contribution in [-0.4, -0.2) is 15.7 Å². The van der Waals surface area contributed by atoms with Crippen molar-refractivity contribution in [2.45, 2.75) is 20.0 Å². The summed E-state index contributed by atoms with van der Waals surface area (Å²) in [5, 5.41) is 2.86. The lowest BCUT2D eigenvalue weighted by molar-refractivity contribution is -0.142. The van der Waals surface area contributed by atoms with E-state index in [1.165, 1.54) is 6.92 Å². The first-order valence-corrected chi connectivity index (χ1v) is 3.96. The number of aryl methyl sites for hydroxylation is 1. The van der Waals surface area contributed by atoms with Crippen LogP contribution in [0, 0.1) is 6.92 Å². The van der Waals surface area contributed by atoms with Crippen LogP contribution < -0.4 is 0 Å². The topological polar surface area (TPSA) is 34.9 Å². The molecule has 0 radical (unpaired) electrons. The summed E-state index contributed by atoms with van der Waals surface area (Å²) >= 11 is 5.39. The second kappa shape index (κ2) is 3.27. The van der Waals surface area contributed by atoms with Crippen LogP contribution in [-0.2, 0) is 6.18 Å². The van der Waals surface area contributed by atoms with Crippen LogP contribution in [0.15, 0.2) is 0 Å². The zero-order valence-corrected chi connectivity index (χ0v) is 8.07. The number of nitrogens with zero attached hydrogens (tertiary/aromatic N) is 2. The highest BCUT2D eigenvalue weighted by molar-refractivity contribution is 6.32. The molecule has 7 heteroatoms. The van der Waals surface area contributed by atoms with Crippen LogP contribution >= 0.6 is 11.6 Å². The molecule has 14 heavy (non-hydrogen) atoms. The summed E-state index contributed by atoms with van der Waals surface area (Å²) in [4.78, 5) is 10.8. The van der Waals surface area contributed by atoms with E-state index in [0.717, 1.165) is 6.92 Å². The molecule has 3 nitrogen and oxygen atoms in total. The molecule has 0 aliphatic heterocycles. The van der Waals surface area contributed by atoms with E-state index in [1.54, 1.807) is 0 Å². The van der Waals surface area contributed by atoms with E-state index >= 15 is 0 Å². The van der Waals surface area contributed by atoms with Gasteiger partial charge in [-0.2, -0.15) is 23.0 Å². The molecule has 0 atom stereocenters. The lowest BCUT2D eigenvalue weighted by Gasteiger charge is -2.07. The second-order valence-electron chi connectivity index (χ2n) is 2.68. The van der Waals surface area contributed by atoms with Crippen LogP contribution in [0.5, 0.6) is 0 Å². The minimum atomic E-state index is -4.68. The fraction of sp³-hybridized carbons (Fsp3) is 0.429. The fourth-order valence-corrected chi connectivity index (χ4v) is 1.21. The Bertz CT molecular complexity index is 383. The van der Waals surface area contributed by atoms with Crippen molar-refractivity contribution in [3.63, 3.8) is 0 Å². The highest BCUT2D eigenvalue weighted by Gasteiger charge is 2.40. The number of carbonyl (C=O) groups is 1. The molecule has 0 aromatic carbocycles. The lowest BCUT2D eigenvalue weighted by Crippen LogP contribution is -2.19. The van der Waals surface area contributed by atoms with E-state index in [0.29, 0.717) is 0 Å². The van der Waals surface area contributed by atoms with Gasteiger partial charge in [-0.25, -0.2) is 0 Å². The summed E-state index contributed by atoms with van der Waals surface area (Å²) in [5.41, 5.74) is -1.24. The van der Waals surface area contributed by atoms with E-state index < -0.39 is 22.8 Å². The average molecular weight is 227 g/mol. The third kappa shape index (κ3) is 1.75. The average Bonchev–Trinajstić information content (AvgIpc) is 2.27. The molecule has 0 amide bonds. The lowest BCUT2D eigenvalue weighted by atomic mass is 10.3. The van der Waals surface area contributed by atoms with Crippen molar-refractivity contribution in [3.05, 3.63) is 16.4 Å². The molecule has 0 unspecified atom stereocenters. The molecule has 78 valence electrons. The van der Waals surface area contributed by atoms with Gasteiger partial charge in [-0.1, -0.05) is 11.6 Å². The summed E-state index contributed by atoms with van der Waals surface area (Å²) in [5.74, 6) is -0.827. The standard InChI is InChI=1S/C7H6ClF3N2O/c1-3-5(8)6(7(9,10)11)13(12-3)4(2)14/h1-2H3. The second-order valence-corrected chi connectivity index (χ2v) is 3.05. The maximum Gasteiger partial charge on any atom is 0.435 e. The van der Waals surface area contributed by atoms with Crippen molar-refractivity contribution in [2.75, 3.05) is 0 Å². The van der Waals surface area contributed by atoms with Crippen LogP contribution in [0.3, 0.4) is 0 Å². The number of halogens is 4. The van der Waals surface area contributed by atoms with Gasteiger partial charge in [-0.15, -0.1) is 0 Å². The van der Waals surface area contributed by atoms with Crippen molar-refractivity contribution in [1.29, 1.82) is 0 Å². The number of alkyl halides is 3. The molecule has 1 aromatic rings. The van der Waals surface area contributed by atoms with Gasteiger partial charge in [0.05, 0.1) is 10.7 Å². The molecule has 0 bridgehead atoms. The smallest absolute Gasteiger partial charge is 0.273 e. The van der Waals surface area contributed by atoms with Crippen molar-refractivity contribution in [1.82, 2.24) is 9.78 Å². The van der Waals surface area contributed by atoms with E-state index in [9.17, 15) is 18.0 Å². The summed E-state index contributed by atoms with van der Waals surface area (Å²) in [6.45, 7) is 2.29. The van der Waals surface area contributed by atoms with Gasteiger partial charge in [0.15, 0.2) is 5.69 Å². The van der Waals surface area contributed by atoms with Crippen molar-refractivity contribution in [3.8, 4) is 0 Å². The molecule has 1 rings (SSSR count). The predicted molar refractivity (Wildman–Crippen MR) is 43.3 cm³/mol. The van der Waals surface area contributed by atoms with Gasteiger partial charge in [0.2, 0.25) is 5.91 Å². The Balaban J connectivity index is 3.46. The van der Waals surface area contributed by atoms with E-state index in [4.69, 9.17) is 11.6 Å². The van der Waals surface area contributed by atoms with E-state index in [-0.39, 0.29) is 10.4 Å². The van der Waals surface area contributed by atoms with Crippen molar-refractivity contribution < 1.29 is 18.0 Å². The summed E-state index contributed by atoms with van der Waals surface area (Å²) in [6.07, 6.45) is -4.68. The van der Waals surface area contributed by atoms with E-state index in [1.807, 2.05) is 0 Å². The Morgan fingerprint density at radius 2 is 2.00 bits per heavy atom. The molecule has 1 aromatic heterocycles. The Labute approximate surface area is 82.5 Å². The van der Waals surface area contributed by atoms with Crippen LogP contribution in [0.2, 0.25) is 5.02 Å². The zero-order valence-electron chi connectivity index (χ0n) is 7.31. The number of rotatable bonds is 0. The highest BCUT2D eigenvalue weighted by atomic mass is 35.5. The minimum absolute atomic E-state index is 0.0193. The van der Waals surface area contributed by atoms with Gasteiger partial charge in [-0.05, 0) is 6.92 Å². The first-order valence-electron chi connectivity index (χ1n) is 3.58. The Kier molecular flexibility index (Phi) is 2.58. The Morgan fingerprint density at radius 1 is 1.50 bits per heavy atom. The normalized spacial score (nSPS) is 11.9. The van der Waals surface area contributed by atoms with Gasteiger partial charge in [0.1, 0.15) is 0 Å². The van der Waals surface area contributed by atoms with Gasteiger partial charge >= 0.3 is 6.18 Å². The first-order chi connectivity index (χ1) is 6.25. The maximum absolute atomic E-state index is 12.4. The molecule has 0 N–H and O–H groups in total. The molecular weight excluding hydrogens is 221 g/mol. The van der Waals surface area contributed by atoms with Crippen molar-refractivity contribution in [2.24, 2.45) is 0 Å². The molecule has 0 saturated carbocycles. The molecule has 0 fully saturated rings. The first kappa shape index (κ1) is 11.0. The SMILES string of the molecule is CC(=O)n1nc(C)c(Cl)c1C(F)(F)F. The Morgan fingerprint density at radius 3 is 2.29 bits per heavy atom. The molecule has 0 aliphatic rings. The predicted octanol–water partition coefficient (Wildman–Crippen LogP) is 2.52.